The van der Waals surface area contributed by atoms with Gasteiger partial charge in [0.25, 0.3) is 5.91 Å². The van der Waals surface area contributed by atoms with Crippen molar-refractivity contribution in [3.63, 3.8) is 0 Å². The fourth-order valence-electron chi connectivity index (χ4n) is 3.48. The van der Waals surface area contributed by atoms with Crippen LogP contribution < -0.4 is 10.2 Å². The Morgan fingerprint density at radius 1 is 1.03 bits per heavy atom. The van der Waals surface area contributed by atoms with Crippen LogP contribution in [0.25, 0.3) is 0 Å². The van der Waals surface area contributed by atoms with Crippen molar-refractivity contribution >= 4 is 23.2 Å². The van der Waals surface area contributed by atoms with Crippen molar-refractivity contribution in [1.29, 1.82) is 0 Å². The van der Waals surface area contributed by atoms with Gasteiger partial charge in [0.2, 0.25) is 0 Å². The minimum Gasteiger partial charge on any atom is -0.459 e. The first kappa shape index (κ1) is 19.0. The smallest absolute Gasteiger partial charge is 0.289 e. The van der Waals surface area contributed by atoms with Gasteiger partial charge in [0.1, 0.15) is 17.5 Å². The van der Waals surface area contributed by atoms with E-state index >= 15 is 0 Å². The van der Waals surface area contributed by atoms with Gasteiger partial charge in [0.05, 0.1) is 6.26 Å². The number of anilines is 3. The summed E-state index contributed by atoms with van der Waals surface area (Å²) < 4.78 is 5.23. The average Bonchev–Trinajstić information content (AvgIpc) is 3.25. The quantitative estimate of drug-likeness (QED) is 0.731. The Labute approximate surface area is 170 Å². The highest BCUT2D eigenvalue weighted by Gasteiger charge is 2.24. The molecule has 0 radical (unpaired) electrons. The number of nitrogens with zero attached hydrogens (tertiary/aromatic N) is 4. The van der Waals surface area contributed by atoms with E-state index in [0.717, 1.165) is 17.3 Å². The number of aryl methyl sites for hydroxylation is 3. The van der Waals surface area contributed by atoms with E-state index in [4.69, 9.17) is 4.42 Å². The maximum Gasteiger partial charge on any atom is 0.289 e. The first-order valence-corrected chi connectivity index (χ1v) is 9.77. The summed E-state index contributed by atoms with van der Waals surface area (Å²) in [7, 11) is 0. The van der Waals surface area contributed by atoms with E-state index < -0.39 is 0 Å². The van der Waals surface area contributed by atoms with Gasteiger partial charge in [-0.15, -0.1) is 0 Å². The molecule has 1 aliphatic heterocycles. The van der Waals surface area contributed by atoms with Gasteiger partial charge in [0.15, 0.2) is 5.76 Å². The predicted octanol–water partition coefficient (Wildman–Crippen LogP) is 3.70. The van der Waals surface area contributed by atoms with E-state index in [1.165, 1.54) is 17.4 Å². The Morgan fingerprint density at radius 3 is 2.55 bits per heavy atom. The van der Waals surface area contributed by atoms with Crippen LogP contribution in [0.5, 0.6) is 0 Å². The number of aromatic nitrogens is 2. The average molecular weight is 391 g/mol. The van der Waals surface area contributed by atoms with Gasteiger partial charge in [-0.1, -0.05) is 12.1 Å². The number of hydrogen-bond donors (Lipinski definition) is 1. The lowest BCUT2D eigenvalue weighted by Gasteiger charge is -2.35. The summed E-state index contributed by atoms with van der Waals surface area (Å²) in [4.78, 5) is 25.6. The summed E-state index contributed by atoms with van der Waals surface area (Å²) in [5.41, 5.74) is 3.41. The Hall–Kier alpha value is -3.35. The summed E-state index contributed by atoms with van der Waals surface area (Å²) in [6, 6.07) is 11.7. The summed E-state index contributed by atoms with van der Waals surface area (Å²) >= 11 is 0. The lowest BCUT2D eigenvalue weighted by Crippen LogP contribution is -2.49. The number of benzene rings is 1. The molecule has 150 valence electrons. The van der Waals surface area contributed by atoms with Crippen LogP contribution in [0.2, 0.25) is 0 Å². The van der Waals surface area contributed by atoms with Crippen molar-refractivity contribution in [2.24, 2.45) is 0 Å². The Balaban J connectivity index is 1.47. The fourth-order valence-corrected chi connectivity index (χ4v) is 3.48. The predicted molar refractivity (Wildman–Crippen MR) is 113 cm³/mol. The second-order valence-corrected chi connectivity index (χ2v) is 7.36. The molecule has 2 aromatic heterocycles. The van der Waals surface area contributed by atoms with Crippen LogP contribution in [0.1, 0.15) is 27.5 Å². The summed E-state index contributed by atoms with van der Waals surface area (Å²) in [6.07, 6.45) is 1.53. The van der Waals surface area contributed by atoms with E-state index in [1.54, 1.807) is 12.1 Å². The molecule has 1 fully saturated rings. The maximum atomic E-state index is 12.5. The van der Waals surface area contributed by atoms with E-state index in [9.17, 15) is 4.79 Å². The largest absolute Gasteiger partial charge is 0.459 e. The molecular formula is C22H25N5O2. The maximum absolute atomic E-state index is 12.5. The van der Waals surface area contributed by atoms with Crippen molar-refractivity contribution in [3.05, 3.63) is 65.4 Å². The van der Waals surface area contributed by atoms with Crippen LogP contribution >= 0.6 is 0 Å². The zero-order valence-electron chi connectivity index (χ0n) is 17.0. The fraction of sp³-hybridized carbons (Fsp3) is 0.318. The third-order valence-electron chi connectivity index (χ3n) is 5.10. The zero-order valence-corrected chi connectivity index (χ0v) is 17.0. The number of hydrogen-bond acceptors (Lipinski definition) is 6. The number of nitrogens with one attached hydrogen (secondary N) is 1. The van der Waals surface area contributed by atoms with Gasteiger partial charge in [0, 0.05) is 37.9 Å². The van der Waals surface area contributed by atoms with E-state index in [2.05, 4.69) is 52.2 Å². The van der Waals surface area contributed by atoms with Crippen LogP contribution in [0, 0.1) is 20.8 Å². The molecule has 0 aliphatic carbocycles. The van der Waals surface area contributed by atoms with Gasteiger partial charge in [-0.25, -0.2) is 9.97 Å². The van der Waals surface area contributed by atoms with E-state index in [1.807, 2.05) is 17.9 Å². The summed E-state index contributed by atoms with van der Waals surface area (Å²) in [5, 5.41) is 3.42. The molecule has 29 heavy (non-hydrogen) atoms. The van der Waals surface area contributed by atoms with Crippen molar-refractivity contribution in [2.45, 2.75) is 20.8 Å². The molecule has 1 amide bonds. The third kappa shape index (κ3) is 4.23. The van der Waals surface area contributed by atoms with Crippen molar-refractivity contribution in [2.75, 3.05) is 36.4 Å². The van der Waals surface area contributed by atoms with Crippen LogP contribution in [-0.4, -0.2) is 47.0 Å². The third-order valence-corrected chi connectivity index (χ3v) is 5.10. The SMILES string of the molecule is Cc1ccc(C)c(Nc2cc(N3CCN(C(=O)c4ccco4)CC3)nc(C)n2)c1. The van der Waals surface area contributed by atoms with E-state index in [-0.39, 0.29) is 5.91 Å². The molecule has 0 saturated carbocycles. The number of amides is 1. The van der Waals surface area contributed by atoms with Crippen LogP contribution in [-0.2, 0) is 0 Å². The van der Waals surface area contributed by atoms with Crippen LogP contribution in [0.4, 0.5) is 17.3 Å². The second-order valence-electron chi connectivity index (χ2n) is 7.36. The highest BCUT2D eigenvalue weighted by Crippen LogP contribution is 2.24. The number of rotatable bonds is 4. The lowest BCUT2D eigenvalue weighted by molar-refractivity contribution is 0.0714. The Morgan fingerprint density at radius 2 is 1.83 bits per heavy atom. The van der Waals surface area contributed by atoms with Gasteiger partial charge < -0.3 is 19.5 Å². The molecule has 0 spiro atoms. The highest BCUT2D eigenvalue weighted by atomic mass is 16.3. The van der Waals surface area contributed by atoms with Crippen molar-refractivity contribution in [1.82, 2.24) is 14.9 Å². The Kier molecular flexibility index (Phi) is 5.20. The molecule has 3 aromatic rings. The summed E-state index contributed by atoms with van der Waals surface area (Å²) in [5.74, 6) is 2.68. The number of piperazine rings is 1. The molecule has 4 rings (SSSR count). The van der Waals surface area contributed by atoms with Crippen molar-refractivity contribution in [3.8, 4) is 0 Å². The van der Waals surface area contributed by atoms with Gasteiger partial charge in [-0.2, -0.15) is 0 Å². The van der Waals surface area contributed by atoms with Crippen LogP contribution in [0.3, 0.4) is 0 Å². The van der Waals surface area contributed by atoms with Crippen LogP contribution in [0.15, 0.2) is 47.1 Å². The zero-order chi connectivity index (χ0) is 20.4. The highest BCUT2D eigenvalue weighted by molar-refractivity contribution is 5.91. The molecule has 0 bridgehead atoms. The normalized spacial score (nSPS) is 14.2. The standard InChI is InChI=1S/C22H25N5O2/c1-15-6-7-16(2)18(13-15)25-20-14-21(24-17(3)23-20)26-8-10-27(11-9-26)22(28)19-5-4-12-29-19/h4-7,12-14H,8-11H2,1-3H3,(H,23,24,25). The molecule has 7 nitrogen and oxygen atoms in total. The minimum atomic E-state index is -0.0641. The molecule has 3 heterocycles. The molecule has 0 atom stereocenters. The molecule has 7 heteroatoms. The number of carbonyl (C=O) groups is 1. The second kappa shape index (κ2) is 7.95. The molecule has 1 aromatic carbocycles. The van der Waals surface area contributed by atoms with Crippen molar-refractivity contribution < 1.29 is 9.21 Å². The van der Waals surface area contributed by atoms with Gasteiger partial charge in [-0.05, 0) is 50.1 Å². The Bertz CT molecular complexity index is 1010. The number of furan rings is 1. The topological polar surface area (TPSA) is 74.5 Å². The molecule has 1 saturated heterocycles. The minimum absolute atomic E-state index is 0.0641. The molecule has 0 unspecified atom stereocenters. The molecule has 1 aliphatic rings. The first-order valence-electron chi connectivity index (χ1n) is 9.77. The lowest BCUT2D eigenvalue weighted by atomic mass is 10.1. The van der Waals surface area contributed by atoms with Gasteiger partial charge in [-0.3, -0.25) is 4.79 Å². The monoisotopic (exact) mass is 391 g/mol. The molecule has 1 N–H and O–H groups in total. The molecular weight excluding hydrogens is 366 g/mol. The van der Waals surface area contributed by atoms with E-state index in [0.29, 0.717) is 37.8 Å². The van der Waals surface area contributed by atoms with Gasteiger partial charge >= 0.3 is 0 Å². The summed E-state index contributed by atoms with van der Waals surface area (Å²) in [6.45, 7) is 8.73. The first-order chi connectivity index (χ1) is 14.0. The number of carbonyl (C=O) groups excluding carboxylic acids is 1.